The van der Waals surface area contributed by atoms with Crippen molar-refractivity contribution in [1.29, 1.82) is 0 Å². The third-order valence-electron chi connectivity index (χ3n) is 3.30. The Morgan fingerprint density at radius 2 is 1.90 bits per heavy atom. The van der Waals surface area contributed by atoms with Gasteiger partial charge in [-0.05, 0) is 31.9 Å². The summed E-state index contributed by atoms with van der Waals surface area (Å²) in [6.45, 7) is 5.67. The first-order valence-corrected chi connectivity index (χ1v) is 8.06. The minimum atomic E-state index is -3.86. The van der Waals surface area contributed by atoms with Crippen LogP contribution in [0.25, 0.3) is 0 Å². The summed E-state index contributed by atoms with van der Waals surface area (Å²) < 4.78 is 27.1. The van der Waals surface area contributed by atoms with Crippen LogP contribution in [0.15, 0.2) is 46.3 Å². The highest BCUT2D eigenvalue weighted by molar-refractivity contribution is 7.89. The van der Waals surface area contributed by atoms with E-state index in [2.05, 4.69) is 9.71 Å². The standard InChI is InChI=1S/C15H18N2O3S/c1-10-4-5-13(11(2)8-10)12(3)17-21(19,20)15-9-16-7-6-14(15)18/h4-9,12,17H,1-3H3,(H,16,18). The Balaban J connectivity index is 2.33. The SMILES string of the molecule is Cc1ccc(C(C)NS(=O)(=O)c2c[nH]ccc2=O)c(C)c1. The highest BCUT2D eigenvalue weighted by atomic mass is 32.2. The van der Waals surface area contributed by atoms with Gasteiger partial charge in [-0.3, -0.25) is 4.79 Å². The lowest BCUT2D eigenvalue weighted by molar-refractivity contribution is 0.565. The van der Waals surface area contributed by atoms with Crippen molar-refractivity contribution in [2.45, 2.75) is 31.7 Å². The molecule has 1 unspecified atom stereocenters. The van der Waals surface area contributed by atoms with Gasteiger partial charge in [-0.1, -0.05) is 23.8 Å². The lowest BCUT2D eigenvalue weighted by Gasteiger charge is -2.17. The van der Waals surface area contributed by atoms with E-state index in [0.29, 0.717) is 0 Å². The van der Waals surface area contributed by atoms with Gasteiger partial charge in [0.1, 0.15) is 4.90 Å². The molecule has 1 aromatic heterocycles. The monoisotopic (exact) mass is 306 g/mol. The molecule has 112 valence electrons. The average molecular weight is 306 g/mol. The third-order valence-corrected chi connectivity index (χ3v) is 4.86. The van der Waals surface area contributed by atoms with Gasteiger partial charge in [-0.2, -0.15) is 0 Å². The van der Waals surface area contributed by atoms with Crippen LogP contribution >= 0.6 is 0 Å². The van der Waals surface area contributed by atoms with Crippen LogP contribution < -0.4 is 10.2 Å². The molecule has 0 bridgehead atoms. The molecule has 6 heteroatoms. The van der Waals surface area contributed by atoms with Gasteiger partial charge in [0, 0.05) is 24.5 Å². The molecule has 1 aromatic carbocycles. The minimum Gasteiger partial charge on any atom is -0.366 e. The zero-order chi connectivity index (χ0) is 15.6. The van der Waals surface area contributed by atoms with Gasteiger partial charge in [0.05, 0.1) is 0 Å². The number of sulfonamides is 1. The van der Waals surface area contributed by atoms with Crippen LogP contribution in [0.3, 0.4) is 0 Å². The van der Waals surface area contributed by atoms with Crippen molar-refractivity contribution in [1.82, 2.24) is 9.71 Å². The van der Waals surface area contributed by atoms with E-state index >= 15 is 0 Å². The van der Waals surface area contributed by atoms with Crippen LogP contribution in [-0.2, 0) is 10.0 Å². The Morgan fingerprint density at radius 3 is 2.52 bits per heavy atom. The molecule has 0 aliphatic carbocycles. The number of aryl methyl sites for hydroxylation is 2. The van der Waals surface area contributed by atoms with Crippen LogP contribution in [0.1, 0.15) is 29.7 Å². The second kappa shape index (κ2) is 5.83. The number of hydrogen-bond donors (Lipinski definition) is 2. The number of aromatic amines is 1. The highest BCUT2D eigenvalue weighted by Crippen LogP contribution is 2.20. The van der Waals surface area contributed by atoms with Crippen molar-refractivity contribution < 1.29 is 8.42 Å². The predicted octanol–water partition coefficient (Wildman–Crippen LogP) is 2.03. The molecule has 0 spiro atoms. The van der Waals surface area contributed by atoms with Crippen molar-refractivity contribution >= 4 is 10.0 Å². The lowest BCUT2D eigenvalue weighted by Crippen LogP contribution is -2.30. The Kier molecular flexibility index (Phi) is 4.29. The zero-order valence-electron chi connectivity index (χ0n) is 12.2. The fraction of sp³-hybridized carbons (Fsp3) is 0.267. The first-order valence-electron chi connectivity index (χ1n) is 6.58. The maximum absolute atomic E-state index is 12.3. The quantitative estimate of drug-likeness (QED) is 0.907. The van der Waals surface area contributed by atoms with Gasteiger partial charge in [-0.25, -0.2) is 13.1 Å². The molecular weight excluding hydrogens is 288 g/mol. The van der Waals surface area contributed by atoms with E-state index in [0.717, 1.165) is 16.7 Å². The molecule has 1 heterocycles. The molecule has 0 aliphatic heterocycles. The minimum absolute atomic E-state index is 0.276. The topological polar surface area (TPSA) is 79.0 Å². The van der Waals surface area contributed by atoms with E-state index < -0.39 is 21.5 Å². The molecule has 0 radical (unpaired) electrons. The van der Waals surface area contributed by atoms with Crippen molar-refractivity contribution in [3.8, 4) is 0 Å². The van der Waals surface area contributed by atoms with Gasteiger partial charge in [0.2, 0.25) is 15.5 Å². The zero-order valence-corrected chi connectivity index (χ0v) is 13.0. The van der Waals surface area contributed by atoms with Crippen LogP contribution in [0, 0.1) is 13.8 Å². The summed E-state index contributed by atoms with van der Waals surface area (Å²) in [4.78, 5) is 14.0. The van der Waals surface area contributed by atoms with E-state index in [-0.39, 0.29) is 4.90 Å². The van der Waals surface area contributed by atoms with E-state index in [1.807, 2.05) is 32.0 Å². The molecule has 0 aliphatic rings. The van der Waals surface area contributed by atoms with Crippen LogP contribution in [0.5, 0.6) is 0 Å². The Bertz CT molecular complexity index is 810. The van der Waals surface area contributed by atoms with Crippen LogP contribution in [0.2, 0.25) is 0 Å². The van der Waals surface area contributed by atoms with Gasteiger partial charge in [-0.15, -0.1) is 0 Å². The number of nitrogens with one attached hydrogen (secondary N) is 2. The van der Waals surface area contributed by atoms with E-state index in [9.17, 15) is 13.2 Å². The van der Waals surface area contributed by atoms with Crippen molar-refractivity contribution in [2.75, 3.05) is 0 Å². The van der Waals surface area contributed by atoms with Gasteiger partial charge in [0.15, 0.2) is 0 Å². The first-order chi connectivity index (χ1) is 9.81. The van der Waals surface area contributed by atoms with Crippen molar-refractivity contribution in [3.05, 3.63) is 63.6 Å². The lowest BCUT2D eigenvalue weighted by atomic mass is 10.0. The number of rotatable bonds is 4. The molecule has 1 atom stereocenters. The summed E-state index contributed by atoms with van der Waals surface area (Å²) >= 11 is 0. The molecular formula is C15H18N2O3S. The maximum atomic E-state index is 12.3. The number of pyridine rings is 1. The summed E-state index contributed by atoms with van der Waals surface area (Å²) in [6.07, 6.45) is 2.59. The number of H-pyrrole nitrogens is 1. The normalized spacial score (nSPS) is 13.1. The van der Waals surface area contributed by atoms with Gasteiger partial charge >= 0.3 is 0 Å². The van der Waals surface area contributed by atoms with E-state index in [4.69, 9.17) is 0 Å². The molecule has 2 rings (SSSR count). The largest absolute Gasteiger partial charge is 0.366 e. The number of benzene rings is 1. The Hall–Kier alpha value is -1.92. The van der Waals surface area contributed by atoms with Crippen LogP contribution in [0.4, 0.5) is 0 Å². The van der Waals surface area contributed by atoms with E-state index in [1.54, 1.807) is 6.92 Å². The second-order valence-electron chi connectivity index (χ2n) is 5.08. The molecule has 0 amide bonds. The molecule has 0 saturated carbocycles. The summed E-state index contributed by atoms with van der Waals surface area (Å²) in [5, 5.41) is 0. The van der Waals surface area contributed by atoms with Gasteiger partial charge in [0.25, 0.3) is 0 Å². The summed E-state index contributed by atoms with van der Waals surface area (Å²) in [5.41, 5.74) is 2.48. The Labute approximate surface area is 124 Å². The van der Waals surface area contributed by atoms with E-state index in [1.165, 1.54) is 18.5 Å². The van der Waals surface area contributed by atoms with Gasteiger partial charge < -0.3 is 4.98 Å². The fourth-order valence-electron chi connectivity index (χ4n) is 2.28. The van der Waals surface area contributed by atoms with Crippen LogP contribution in [-0.4, -0.2) is 13.4 Å². The maximum Gasteiger partial charge on any atom is 0.246 e. The molecule has 2 N–H and O–H groups in total. The smallest absolute Gasteiger partial charge is 0.246 e. The van der Waals surface area contributed by atoms with Crippen molar-refractivity contribution in [3.63, 3.8) is 0 Å². The first kappa shape index (κ1) is 15.5. The highest BCUT2D eigenvalue weighted by Gasteiger charge is 2.21. The predicted molar refractivity (Wildman–Crippen MR) is 81.7 cm³/mol. The summed E-state index contributed by atoms with van der Waals surface area (Å²) in [6, 6.07) is 6.59. The fourth-order valence-corrected chi connectivity index (χ4v) is 3.56. The molecule has 21 heavy (non-hydrogen) atoms. The average Bonchev–Trinajstić information content (AvgIpc) is 2.38. The molecule has 2 aromatic rings. The Morgan fingerprint density at radius 1 is 1.19 bits per heavy atom. The molecule has 0 saturated heterocycles. The summed E-state index contributed by atoms with van der Waals surface area (Å²) in [7, 11) is -3.86. The second-order valence-corrected chi connectivity index (χ2v) is 6.76. The molecule has 5 nitrogen and oxygen atoms in total. The molecule has 0 fully saturated rings. The number of aromatic nitrogens is 1. The summed E-state index contributed by atoms with van der Waals surface area (Å²) in [5.74, 6) is 0. The van der Waals surface area contributed by atoms with Crippen molar-refractivity contribution in [2.24, 2.45) is 0 Å². The number of hydrogen-bond acceptors (Lipinski definition) is 3. The third kappa shape index (κ3) is 3.40.